The van der Waals surface area contributed by atoms with Crippen LogP contribution in [-0.2, 0) is 17.6 Å². The van der Waals surface area contributed by atoms with Gasteiger partial charge in [0.1, 0.15) is 11.5 Å². The largest absolute Gasteiger partial charge is 0.586 e. The summed E-state index contributed by atoms with van der Waals surface area (Å²) in [4.78, 5) is 15.5. The fraction of sp³-hybridized carbons (Fsp3) is 0.308. The van der Waals surface area contributed by atoms with Crippen LogP contribution in [0.3, 0.4) is 0 Å². The smallest absolute Gasteiger partial charge is 0.493 e. The van der Waals surface area contributed by atoms with Gasteiger partial charge in [-0.25, -0.2) is 4.98 Å². The molecule has 0 radical (unpaired) electrons. The topological polar surface area (TPSA) is 91.0 Å². The van der Waals surface area contributed by atoms with Crippen molar-refractivity contribution in [3.05, 3.63) is 65.1 Å². The van der Waals surface area contributed by atoms with Crippen molar-refractivity contribution in [2.45, 2.75) is 45.3 Å². The SMILES string of the molecule is Cc1oc(-c2ccc3c(c2)OC(F)(F)O3)nc1CCOc1cccc2c1CCC=C2CCC(=O)O. The molecule has 0 bridgehead atoms. The van der Waals surface area contributed by atoms with Crippen molar-refractivity contribution in [2.24, 2.45) is 0 Å². The molecule has 0 saturated carbocycles. The van der Waals surface area contributed by atoms with E-state index in [4.69, 9.17) is 14.3 Å². The molecule has 0 saturated heterocycles. The van der Waals surface area contributed by atoms with Gasteiger partial charge in [0.25, 0.3) is 0 Å². The van der Waals surface area contributed by atoms with Crippen molar-refractivity contribution in [3.63, 3.8) is 0 Å². The lowest BCUT2D eigenvalue weighted by Crippen LogP contribution is -2.25. The van der Waals surface area contributed by atoms with Gasteiger partial charge in [0.15, 0.2) is 11.5 Å². The van der Waals surface area contributed by atoms with Gasteiger partial charge in [-0.05, 0) is 61.6 Å². The van der Waals surface area contributed by atoms with Crippen molar-refractivity contribution in [2.75, 3.05) is 6.61 Å². The molecule has 5 rings (SSSR count). The highest BCUT2D eigenvalue weighted by molar-refractivity contribution is 5.76. The van der Waals surface area contributed by atoms with E-state index in [9.17, 15) is 13.6 Å². The van der Waals surface area contributed by atoms with Crippen LogP contribution in [0.5, 0.6) is 17.2 Å². The zero-order chi connectivity index (χ0) is 24.6. The Morgan fingerprint density at radius 3 is 2.83 bits per heavy atom. The molecule has 182 valence electrons. The van der Waals surface area contributed by atoms with Crippen molar-refractivity contribution >= 4 is 11.5 Å². The summed E-state index contributed by atoms with van der Waals surface area (Å²) in [5.41, 5.74) is 4.37. The number of hydrogen-bond donors (Lipinski definition) is 1. The van der Waals surface area contributed by atoms with E-state index >= 15 is 0 Å². The molecule has 0 amide bonds. The molecule has 2 aliphatic rings. The Hall–Kier alpha value is -3.88. The van der Waals surface area contributed by atoms with E-state index in [1.165, 1.54) is 12.1 Å². The Morgan fingerprint density at radius 1 is 1.17 bits per heavy atom. The summed E-state index contributed by atoms with van der Waals surface area (Å²) in [6.45, 7) is 2.15. The van der Waals surface area contributed by atoms with Crippen LogP contribution in [-0.4, -0.2) is 29.0 Å². The van der Waals surface area contributed by atoms with Crippen LogP contribution in [0, 0.1) is 6.92 Å². The van der Waals surface area contributed by atoms with Crippen LogP contribution in [0.2, 0.25) is 0 Å². The number of nitrogens with zero attached hydrogens (tertiary/aromatic N) is 1. The number of allylic oxidation sites excluding steroid dienone is 2. The zero-order valence-electron chi connectivity index (χ0n) is 19.0. The van der Waals surface area contributed by atoms with Crippen LogP contribution in [0.25, 0.3) is 17.0 Å². The second-order valence-corrected chi connectivity index (χ2v) is 8.39. The number of aryl methyl sites for hydroxylation is 1. The Morgan fingerprint density at radius 2 is 2.00 bits per heavy atom. The van der Waals surface area contributed by atoms with Crippen molar-refractivity contribution in [1.29, 1.82) is 0 Å². The van der Waals surface area contributed by atoms with Crippen molar-refractivity contribution < 1.29 is 37.3 Å². The summed E-state index contributed by atoms with van der Waals surface area (Å²) in [7, 11) is 0. The molecule has 0 fully saturated rings. The first-order valence-corrected chi connectivity index (χ1v) is 11.3. The highest BCUT2D eigenvalue weighted by atomic mass is 19.3. The molecule has 7 nitrogen and oxygen atoms in total. The predicted octanol–water partition coefficient (Wildman–Crippen LogP) is 5.79. The zero-order valence-corrected chi connectivity index (χ0v) is 19.0. The molecule has 1 aliphatic heterocycles. The number of rotatable bonds is 8. The summed E-state index contributed by atoms with van der Waals surface area (Å²) >= 11 is 0. The van der Waals surface area contributed by atoms with E-state index < -0.39 is 12.3 Å². The molecule has 9 heteroatoms. The summed E-state index contributed by atoms with van der Waals surface area (Å²) in [5.74, 6) is 0.764. The molecule has 0 atom stereocenters. The number of aliphatic carboxylic acids is 1. The molecule has 0 unspecified atom stereocenters. The maximum Gasteiger partial charge on any atom is 0.586 e. The van der Waals surface area contributed by atoms with Crippen molar-refractivity contribution in [3.8, 4) is 28.7 Å². The van der Waals surface area contributed by atoms with E-state index in [0.29, 0.717) is 42.4 Å². The maximum atomic E-state index is 13.3. The third-order valence-electron chi connectivity index (χ3n) is 6.01. The second kappa shape index (κ2) is 9.05. The van der Waals surface area contributed by atoms with Crippen LogP contribution in [0.15, 0.2) is 46.9 Å². The second-order valence-electron chi connectivity index (χ2n) is 8.39. The quantitative estimate of drug-likeness (QED) is 0.434. The van der Waals surface area contributed by atoms with E-state index in [2.05, 4.69) is 20.5 Å². The minimum atomic E-state index is -3.68. The third-order valence-corrected chi connectivity index (χ3v) is 6.01. The Labute approximate surface area is 200 Å². The number of halogens is 2. The number of hydrogen-bond acceptors (Lipinski definition) is 6. The third kappa shape index (κ3) is 4.84. The average Bonchev–Trinajstić information content (AvgIpc) is 3.34. The molecular formula is C26H23F2NO6. The van der Waals surface area contributed by atoms with Crippen LogP contribution < -0.4 is 14.2 Å². The number of alkyl halides is 2. The molecular weight excluding hydrogens is 460 g/mol. The number of ether oxygens (including phenoxy) is 3. The summed E-state index contributed by atoms with van der Waals surface area (Å²) in [6, 6.07) is 10.2. The molecule has 1 aliphatic carbocycles. The lowest BCUT2D eigenvalue weighted by Gasteiger charge is -2.20. The number of carboxylic acid groups (broad SMARTS) is 1. The molecule has 2 heterocycles. The molecule has 35 heavy (non-hydrogen) atoms. The Bertz CT molecular complexity index is 1310. The van der Waals surface area contributed by atoms with Gasteiger partial charge < -0.3 is 23.7 Å². The number of oxazole rings is 1. The molecule has 1 aromatic heterocycles. The highest BCUT2D eigenvalue weighted by Gasteiger charge is 2.43. The van der Waals surface area contributed by atoms with E-state index in [1.54, 1.807) is 13.0 Å². The summed E-state index contributed by atoms with van der Waals surface area (Å²) in [6.07, 6.45) is 1.17. The van der Waals surface area contributed by atoms with Crippen molar-refractivity contribution in [1.82, 2.24) is 4.98 Å². The lowest BCUT2D eigenvalue weighted by atomic mass is 9.88. The molecule has 2 aromatic carbocycles. The van der Waals surface area contributed by atoms with Crippen LogP contribution in [0.1, 0.15) is 41.8 Å². The van der Waals surface area contributed by atoms with Gasteiger partial charge >= 0.3 is 12.3 Å². The Kier molecular flexibility index (Phi) is 5.92. The number of aromatic nitrogens is 1. The summed E-state index contributed by atoms with van der Waals surface area (Å²) < 4.78 is 47.4. The monoisotopic (exact) mass is 483 g/mol. The predicted molar refractivity (Wildman–Crippen MR) is 122 cm³/mol. The van der Waals surface area contributed by atoms with E-state index in [0.717, 1.165) is 35.3 Å². The number of carbonyl (C=O) groups is 1. The van der Waals surface area contributed by atoms with Gasteiger partial charge in [-0.15, -0.1) is 8.78 Å². The minimum Gasteiger partial charge on any atom is -0.493 e. The van der Waals surface area contributed by atoms with Crippen LogP contribution in [0.4, 0.5) is 8.78 Å². The van der Waals surface area contributed by atoms with Gasteiger partial charge in [0.2, 0.25) is 5.89 Å². The van der Waals surface area contributed by atoms with E-state index in [1.807, 2.05) is 18.2 Å². The van der Waals surface area contributed by atoms with Crippen LogP contribution >= 0.6 is 0 Å². The van der Waals surface area contributed by atoms with Gasteiger partial charge in [0, 0.05) is 24.0 Å². The number of fused-ring (bicyclic) bond motifs is 2. The first-order valence-electron chi connectivity index (χ1n) is 11.3. The molecule has 1 N–H and O–H groups in total. The summed E-state index contributed by atoms with van der Waals surface area (Å²) in [5, 5.41) is 9.02. The lowest BCUT2D eigenvalue weighted by molar-refractivity contribution is -0.286. The molecule has 0 spiro atoms. The van der Waals surface area contributed by atoms with Gasteiger partial charge in [-0.3, -0.25) is 4.79 Å². The first-order chi connectivity index (χ1) is 16.8. The number of carboxylic acids is 1. The highest BCUT2D eigenvalue weighted by Crippen LogP contribution is 2.43. The first kappa shape index (κ1) is 22.9. The fourth-order valence-corrected chi connectivity index (χ4v) is 4.36. The average molecular weight is 483 g/mol. The van der Waals surface area contributed by atoms with E-state index in [-0.39, 0.29) is 17.9 Å². The van der Waals surface area contributed by atoms with Gasteiger partial charge in [0.05, 0.1) is 12.3 Å². The fourth-order valence-electron chi connectivity index (χ4n) is 4.36. The standard InChI is InChI=1S/C26H23F2NO6/c1-15-20(29-25(33-15)17-8-10-22-23(14-17)35-26(27,28)34-22)12-13-32-21-7-3-5-18-16(9-11-24(30)31)4-2-6-19(18)21/h3-5,7-8,10,14H,2,6,9,11-13H2,1H3,(H,30,31). The number of benzene rings is 2. The minimum absolute atomic E-state index is 0.0391. The van der Waals surface area contributed by atoms with Gasteiger partial charge in [-0.2, -0.15) is 0 Å². The maximum absolute atomic E-state index is 13.3. The van der Waals surface area contributed by atoms with Gasteiger partial charge in [-0.1, -0.05) is 18.2 Å². The Balaban J connectivity index is 1.26. The molecule has 3 aromatic rings. The normalized spacial score (nSPS) is 15.5.